The lowest BCUT2D eigenvalue weighted by Crippen LogP contribution is -2.12. The number of para-hydroxylation sites is 1. The van der Waals surface area contributed by atoms with Crippen LogP contribution >= 0.6 is 0 Å². The van der Waals surface area contributed by atoms with Crippen LogP contribution in [0.4, 0.5) is 0 Å². The van der Waals surface area contributed by atoms with Gasteiger partial charge in [0.05, 0.1) is 12.1 Å². The summed E-state index contributed by atoms with van der Waals surface area (Å²) in [5.74, 6) is 0.762. The van der Waals surface area contributed by atoms with E-state index in [-0.39, 0.29) is 12.0 Å². The summed E-state index contributed by atoms with van der Waals surface area (Å²) in [5.41, 5.74) is 3.80. The van der Waals surface area contributed by atoms with E-state index in [1.807, 2.05) is 44.2 Å². The number of H-pyrrole nitrogens is 2. The first-order chi connectivity index (χ1) is 11.6. The molecule has 3 heterocycles. The van der Waals surface area contributed by atoms with Gasteiger partial charge in [0, 0.05) is 16.6 Å². The second kappa shape index (κ2) is 5.45. The first-order valence-electron chi connectivity index (χ1n) is 7.57. The standard InChI is InChI=1S/C17H15N5O2/c1-9-10(2)19-21-15(9)17-22-20-14(24-17)8-12-7-11-5-3-4-6-13(11)18-16(12)23/h3-7H,8H2,1-2H3,(H,18,23)(H,19,21). The number of pyridine rings is 1. The van der Waals surface area contributed by atoms with Crippen LogP contribution in [0.1, 0.15) is 22.7 Å². The summed E-state index contributed by atoms with van der Waals surface area (Å²) < 4.78 is 5.69. The van der Waals surface area contributed by atoms with E-state index in [9.17, 15) is 4.79 Å². The molecule has 0 unspecified atom stereocenters. The van der Waals surface area contributed by atoms with Gasteiger partial charge in [0.25, 0.3) is 11.4 Å². The fourth-order valence-corrected chi connectivity index (χ4v) is 2.61. The van der Waals surface area contributed by atoms with Crippen LogP contribution in [-0.2, 0) is 6.42 Å². The smallest absolute Gasteiger partial charge is 0.265 e. The molecule has 0 aliphatic rings. The van der Waals surface area contributed by atoms with Crippen molar-refractivity contribution in [2.75, 3.05) is 0 Å². The molecule has 3 aromatic heterocycles. The third-order valence-electron chi connectivity index (χ3n) is 4.11. The summed E-state index contributed by atoms with van der Waals surface area (Å²) in [6.07, 6.45) is 0.277. The highest BCUT2D eigenvalue weighted by Crippen LogP contribution is 2.22. The predicted octanol–water partition coefficient (Wildman–Crippen LogP) is 2.51. The van der Waals surface area contributed by atoms with E-state index in [0.29, 0.717) is 23.0 Å². The van der Waals surface area contributed by atoms with Gasteiger partial charge < -0.3 is 9.40 Å². The number of nitrogens with one attached hydrogen (secondary N) is 2. The Morgan fingerprint density at radius 2 is 2.00 bits per heavy atom. The Balaban J connectivity index is 1.68. The van der Waals surface area contributed by atoms with Crippen molar-refractivity contribution in [1.29, 1.82) is 0 Å². The summed E-state index contributed by atoms with van der Waals surface area (Å²) in [6, 6.07) is 9.48. The van der Waals surface area contributed by atoms with Gasteiger partial charge in [-0.3, -0.25) is 9.89 Å². The maximum absolute atomic E-state index is 12.2. The van der Waals surface area contributed by atoms with Crippen LogP contribution < -0.4 is 5.56 Å². The van der Waals surface area contributed by atoms with E-state index in [0.717, 1.165) is 22.2 Å². The van der Waals surface area contributed by atoms with Crippen molar-refractivity contribution in [1.82, 2.24) is 25.4 Å². The number of aromatic nitrogens is 5. The van der Waals surface area contributed by atoms with Gasteiger partial charge in [-0.25, -0.2) is 0 Å². The molecule has 0 aliphatic carbocycles. The minimum Gasteiger partial charge on any atom is -0.419 e. The van der Waals surface area contributed by atoms with Gasteiger partial charge in [0.1, 0.15) is 5.69 Å². The number of aromatic amines is 2. The minimum absolute atomic E-state index is 0.151. The van der Waals surface area contributed by atoms with Crippen molar-refractivity contribution in [2.24, 2.45) is 0 Å². The van der Waals surface area contributed by atoms with Gasteiger partial charge in [0.2, 0.25) is 5.89 Å². The molecule has 7 heteroatoms. The molecular formula is C17H15N5O2. The van der Waals surface area contributed by atoms with Gasteiger partial charge in [-0.1, -0.05) is 18.2 Å². The molecule has 7 nitrogen and oxygen atoms in total. The summed E-state index contributed by atoms with van der Waals surface area (Å²) in [4.78, 5) is 15.1. The first kappa shape index (κ1) is 14.4. The topological polar surface area (TPSA) is 100 Å². The molecule has 0 spiro atoms. The van der Waals surface area contributed by atoms with Gasteiger partial charge in [-0.05, 0) is 31.4 Å². The maximum atomic E-state index is 12.2. The summed E-state index contributed by atoms with van der Waals surface area (Å²) >= 11 is 0. The molecule has 4 aromatic rings. The van der Waals surface area contributed by atoms with Gasteiger partial charge in [-0.2, -0.15) is 5.10 Å². The molecule has 0 atom stereocenters. The van der Waals surface area contributed by atoms with Gasteiger partial charge in [0.15, 0.2) is 0 Å². The third kappa shape index (κ3) is 2.40. The maximum Gasteiger partial charge on any atom is 0.265 e. The zero-order valence-corrected chi connectivity index (χ0v) is 13.3. The van der Waals surface area contributed by atoms with Crippen LogP contribution in [0, 0.1) is 13.8 Å². The average Bonchev–Trinajstić information content (AvgIpc) is 3.16. The molecule has 0 bridgehead atoms. The lowest BCUT2D eigenvalue weighted by Gasteiger charge is -2.00. The zero-order chi connectivity index (χ0) is 16.7. The number of fused-ring (bicyclic) bond motifs is 1. The molecule has 0 saturated heterocycles. The minimum atomic E-state index is -0.151. The summed E-state index contributed by atoms with van der Waals surface area (Å²) in [7, 11) is 0. The fourth-order valence-electron chi connectivity index (χ4n) is 2.61. The fraction of sp³-hybridized carbons (Fsp3) is 0.176. The van der Waals surface area contributed by atoms with Crippen LogP contribution in [0.15, 0.2) is 39.5 Å². The van der Waals surface area contributed by atoms with E-state index >= 15 is 0 Å². The van der Waals surface area contributed by atoms with Crippen LogP contribution in [0.3, 0.4) is 0 Å². The van der Waals surface area contributed by atoms with E-state index in [4.69, 9.17) is 4.42 Å². The SMILES string of the molecule is Cc1n[nH]c(-c2nnc(Cc3cc4ccccc4[nH]c3=O)o2)c1C. The Hall–Kier alpha value is -3.22. The molecule has 24 heavy (non-hydrogen) atoms. The normalized spacial score (nSPS) is 11.2. The van der Waals surface area contributed by atoms with E-state index in [2.05, 4.69) is 25.4 Å². The highest BCUT2D eigenvalue weighted by molar-refractivity contribution is 5.78. The number of benzene rings is 1. The van der Waals surface area contributed by atoms with Crippen molar-refractivity contribution in [3.8, 4) is 11.6 Å². The highest BCUT2D eigenvalue weighted by Gasteiger charge is 2.16. The third-order valence-corrected chi connectivity index (χ3v) is 4.11. The van der Waals surface area contributed by atoms with Crippen LogP contribution in [0.25, 0.3) is 22.5 Å². The van der Waals surface area contributed by atoms with Crippen molar-refractivity contribution in [3.05, 3.63) is 63.4 Å². The van der Waals surface area contributed by atoms with Crippen molar-refractivity contribution in [2.45, 2.75) is 20.3 Å². The first-order valence-corrected chi connectivity index (χ1v) is 7.57. The van der Waals surface area contributed by atoms with E-state index < -0.39 is 0 Å². The van der Waals surface area contributed by atoms with Crippen LogP contribution in [0.2, 0.25) is 0 Å². The van der Waals surface area contributed by atoms with Crippen LogP contribution in [-0.4, -0.2) is 25.4 Å². The van der Waals surface area contributed by atoms with Crippen LogP contribution in [0.5, 0.6) is 0 Å². The summed E-state index contributed by atoms with van der Waals surface area (Å²) in [6.45, 7) is 3.84. The molecular weight excluding hydrogens is 306 g/mol. The average molecular weight is 321 g/mol. The number of aryl methyl sites for hydroxylation is 1. The Labute approximate surface area is 136 Å². The van der Waals surface area contributed by atoms with Gasteiger partial charge in [-0.15, -0.1) is 10.2 Å². The number of rotatable bonds is 3. The molecule has 0 fully saturated rings. The molecule has 0 aliphatic heterocycles. The molecule has 2 N–H and O–H groups in total. The van der Waals surface area contributed by atoms with Crippen molar-refractivity contribution < 1.29 is 4.42 Å². The summed E-state index contributed by atoms with van der Waals surface area (Å²) in [5, 5.41) is 16.1. The molecule has 0 saturated carbocycles. The van der Waals surface area contributed by atoms with Gasteiger partial charge >= 0.3 is 0 Å². The highest BCUT2D eigenvalue weighted by atomic mass is 16.4. The quantitative estimate of drug-likeness (QED) is 0.604. The molecule has 0 radical (unpaired) electrons. The Kier molecular flexibility index (Phi) is 3.26. The van der Waals surface area contributed by atoms with E-state index in [1.165, 1.54) is 0 Å². The lowest BCUT2D eigenvalue weighted by molar-refractivity contribution is 0.515. The number of nitrogens with zero attached hydrogens (tertiary/aromatic N) is 3. The second-order valence-electron chi connectivity index (χ2n) is 5.70. The zero-order valence-electron chi connectivity index (χ0n) is 13.3. The number of hydrogen-bond donors (Lipinski definition) is 2. The Bertz CT molecular complexity index is 1090. The lowest BCUT2D eigenvalue weighted by atomic mass is 10.1. The predicted molar refractivity (Wildman–Crippen MR) is 88.7 cm³/mol. The largest absolute Gasteiger partial charge is 0.419 e. The molecule has 4 rings (SSSR count). The van der Waals surface area contributed by atoms with E-state index in [1.54, 1.807) is 0 Å². The molecule has 120 valence electrons. The van der Waals surface area contributed by atoms with Crippen molar-refractivity contribution >= 4 is 10.9 Å². The Morgan fingerprint density at radius 1 is 1.17 bits per heavy atom. The van der Waals surface area contributed by atoms with Crippen molar-refractivity contribution in [3.63, 3.8) is 0 Å². The number of hydrogen-bond acceptors (Lipinski definition) is 5. The molecule has 1 aromatic carbocycles. The Morgan fingerprint density at radius 3 is 2.79 bits per heavy atom. The molecule has 0 amide bonds. The monoisotopic (exact) mass is 321 g/mol. The second-order valence-corrected chi connectivity index (χ2v) is 5.70.